The highest BCUT2D eigenvalue weighted by Crippen LogP contribution is 2.12. The summed E-state index contributed by atoms with van der Waals surface area (Å²) in [7, 11) is 3.82. The van der Waals surface area contributed by atoms with Gasteiger partial charge >= 0.3 is 0 Å². The molecule has 16 heavy (non-hydrogen) atoms. The number of hydrogen-bond acceptors (Lipinski definition) is 3. The molecule has 0 aromatic carbocycles. The van der Waals surface area contributed by atoms with Crippen LogP contribution in [0.15, 0.2) is 35.6 Å². The van der Waals surface area contributed by atoms with E-state index in [4.69, 9.17) is 10.5 Å². The second-order valence-electron chi connectivity index (χ2n) is 3.95. The van der Waals surface area contributed by atoms with Gasteiger partial charge in [-0.15, -0.1) is 0 Å². The summed E-state index contributed by atoms with van der Waals surface area (Å²) in [4.78, 5) is 2.21. The van der Waals surface area contributed by atoms with Crippen LogP contribution in [0.2, 0.25) is 0 Å². The fourth-order valence-corrected chi connectivity index (χ4v) is 1.64. The van der Waals surface area contributed by atoms with Gasteiger partial charge < -0.3 is 15.4 Å². The lowest BCUT2D eigenvalue weighted by Crippen LogP contribution is -2.21. The Bertz CT molecular complexity index is 292. The van der Waals surface area contributed by atoms with Crippen LogP contribution in [0.4, 0.5) is 0 Å². The van der Waals surface area contributed by atoms with E-state index in [-0.39, 0.29) is 0 Å². The molecule has 3 heteroatoms. The summed E-state index contributed by atoms with van der Waals surface area (Å²) in [6.45, 7) is 2.33. The Morgan fingerprint density at radius 1 is 1.44 bits per heavy atom. The van der Waals surface area contributed by atoms with Gasteiger partial charge in [0.2, 0.25) is 0 Å². The summed E-state index contributed by atoms with van der Waals surface area (Å²) >= 11 is 0. The summed E-state index contributed by atoms with van der Waals surface area (Å²) < 4.78 is 5.07. The van der Waals surface area contributed by atoms with E-state index >= 15 is 0 Å². The maximum Gasteiger partial charge on any atom is 0.0637 e. The van der Waals surface area contributed by atoms with Crippen molar-refractivity contribution in [2.24, 2.45) is 5.73 Å². The van der Waals surface area contributed by atoms with E-state index in [0.29, 0.717) is 6.54 Å². The Kier molecular flexibility index (Phi) is 5.90. The van der Waals surface area contributed by atoms with Crippen molar-refractivity contribution in [3.63, 3.8) is 0 Å². The Labute approximate surface area is 98.3 Å². The maximum absolute atomic E-state index is 5.63. The predicted molar refractivity (Wildman–Crippen MR) is 68.1 cm³/mol. The molecule has 0 atom stereocenters. The lowest BCUT2D eigenvalue weighted by Gasteiger charge is -2.20. The molecule has 0 amide bonds. The summed E-state index contributed by atoms with van der Waals surface area (Å²) in [5.74, 6) is 0. The highest BCUT2D eigenvalue weighted by atomic mass is 16.5. The van der Waals surface area contributed by atoms with E-state index in [1.165, 1.54) is 11.3 Å². The van der Waals surface area contributed by atoms with E-state index < -0.39 is 0 Å². The molecule has 0 unspecified atom stereocenters. The molecule has 0 aromatic rings. The molecular weight excluding hydrogens is 200 g/mol. The average molecular weight is 222 g/mol. The molecule has 1 aliphatic carbocycles. The Morgan fingerprint density at radius 3 is 2.94 bits per heavy atom. The lowest BCUT2D eigenvalue weighted by atomic mass is 10.1. The molecule has 3 nitrogen and oxygen atoms in total. The van der Waals surface area contributed by atoms with Crippen molar-refractivity contribution >= 4 is 0 Å². The largest absolute Gasteiger partial charge is 0.383 e. The zero-order valence-electron chi connectivity index (χ0n) is 10.3. The van der Waals surface area contributed by atoms with E-state index in [1.54, 1.807) is 7.11 Å². The molecule has 0 aromatic heterocycles. The quantitative estimate of drug-likeness (QED) is 0.719. The first-order valence-corrected chi connectivity index (χ1v) is 5.72. The van der Waals surface area contributed by atoms with Crippen molar-refractivity contribution in [2.75, 3.05) is 33.9 Å². The van der Waals surface area contributed by atoms with Gasteiger partial charge in [-0.1, -0.05) is 23.8 Å². The first-order valence-electron chi connectivity index (χ1n) is 5.72. The van der Waals surface area contributed by atoms with E-state index in [2.05, 4.69) is 36.3 Å². The molecule has 0 heterocycles. The number of nitrogens with two attached hydrogens (primary N) is 1. The topological polar surface area (TPSA) is 38.5 Å². The van der Waals surface area contributed by atoms with Crippen molar-refractivity contribution in [1.82, 2.24) is 4.90 Å². The number of methoxy groups -OCH3 is 1. The maximum atomic E-state index is 5.63. The van der Waals surface area contributed by atoms with Crippen LogP contribution in [0.1, 0.15) is 12.8 Å². The highest BCUT2D eigenvalue weighted by molar-refractivity contribution is 5.24. The lowest BCUT2D eigenvalue weighted by molar-refractivity contribution is 0.175. The Morgan fingerprint density at radius 2 is 2.25 bits per heavy atom. The van der Waals surface area contributed by atoms with Gasteiger partial charge in [0.05, 0.1) is 6.61 Å². The summed E-state index contributed by atoms with van der Waals surface area (Å²) in [5.41, 5.74) is 8.20. The molecule has 0 fully saturated rings. The zero-order chi connectivity index (χ0) is 11.8. The van der Waals surface area contributed by atoms with Gasteiger partial charge in [-0.3, -0.25) is 0 Å². The van der Waals surface area contributed by atoms with Crippen LogP contribution in [0.25, 0.3) is 0 Å². The fourth-order valence-electron chi connectivity index (χ4n) is 1.64. The van der Waals surface area contributed by atoms with Gasteiger partial charge in [-0.2, -0.15) is 0 Å². The van der Waals surface area contributed by atoms with Crippen LogP contribution in [-0.2, 0) is 4.74 Å². The molecule has 0 saturated heterocycles. The minimum Gasteiger partial charge on any atom is -0.383 e. The summed E-state index contributed by atoms with van der Waals surface area (Å²) in [6.07, 6.45) is 10.7. The number of allylic oxidation sites excluding steroid dienone is 4. The second kappa shape index (κ2) is 7.25. The fraction of sp³-hybridized carbons (Fsp3) is 0.538. The third-order valence-corrected chi connectivity index (χ3v) is 2.74. The van der Waals surface area contributed by atoms with E-state index in [9.17, 15) is 0 Å². The third-order valence-electron chi connectivity index (χ3n) is 2.74. The van der Waals surface area contributed by atoms with Crippen molar-refractivity contribution < 1.29 is 4.74 Å². The molecular formula is C13H22N2O. The predicted octanol–water partition coefficient (Wildman–Crippen LogP) is 1.68. The van der Waals surface area contributed by atoms with Gasteiger partial charge in [-0.25, -0.2) is 0 Å². The zero-order valence-corrected chi connectivity index (χ0v) is 10.3. The molecule has 1 aliphatic rings. The van der Waals surface area contributed by atoms with Gasteiger partial charge in [-0.05, 0) is 18.9 Å². The Hall–Kier alpha value is -1.06. The number of hydrogen-bond donors (Lipinski definition) is 1. The Balaban J connectivity index is 2.58. The summed E-state index contributed by atoms with van der Waals surface area (Å²) in [6, 6.07) is 0. The smallest absolute Gasteiger partial charge is 0.0637 e. The van der Waals surface area contributed by atoms with E-state index in [1.807, 2.05) is 0 Å². The van der Waals surface area contributed by atoms with Crippen LogP contribution >= 0.6 is 0 Å². The van der Waals surface area contributed by atoms with Crippen LogP contribution in [-0.4, -0.2) is 38.8 Å². The van der Waals surface area contributed by atoms with Crippen LogP contribution in [0, 0.1) is 0 Å². The highest BCUT2D eigenvalue weighted by Gasteiger charge is 2.02. The molecule has 0 bridgehead atoms. The molecule has 0 aliphatic heterocycles. The van der Waals surface area contributed by atoms with Crippen molar-refractivity contribution in [3.05, 3.63) is 35.6 Å². The molecule has 2 N–H and O–H groups in total. The number of likely N-dealkylation sites (N-methyl/N-ethyl adjacent to an activating group) is 1. The second-order valence-corrected chi connectivity index (χ2v) is 3.95. The van der Waals surface area contributed by atoms with Gasteiger partial charge in [0.1, 0.15) is 0 Å². The third kappa shape index (κ3) is 4.21. The van der Waals surface area contributed by atoms with Crippen molar-refractivity contribution in [3.8, 4) is 0 Å². The standard InChI is InChI=1S/C13H22N2O/c1-15(9-10-16-2)13-7-3-5-12(11-14)6-4-8-13/h3,6-8H,4-5,9-11,14H2,1-2H3/b7-3?,12-6+,13-8?. The minimum absolute atomic E-state index is 0.660. The molecule has 0 saturated carbocycles. The number of rotatable bonds is 5. The van der Waals surface area contributed by atoms with Gasteiger partial charge in [0, 0.05) is 32.9 Å². The van der Waals surface area contributed by atoms with Crippen molar-refractivity contribution in [1.29, 1.82) is 0 Å². The van der Waals surface area contributed by atoms with E-state index in [0.717, 1.165) is 26.0 Å². The molecule has 0 radical (unpaired) electrons. The molecule has 0 spiro atoms. The van der Waals surface area contributed by atoms with Crippen LogP contribution in [0.3, 0.4) is 0 Å². The first kappa shape index (κ1) is 13.0. The normalized spacial score (nSPS) is 19.4. The molecule has 1 rings (SSSR count). The summed E-state index contributed by atoms with van der Waals surface area (Å²) in [5, 5.41) is 0. The van der Waals surface area contributed by atoms with Crippen LogP contribution in [0.5, 0.6) is 0 Å². The van der Waals surface area contributed by atoms with Gasteiger partial charge in [0.25, 0.3) is 0 Å². The first-order chi connectivity index (χ1) is 7.77. The minimum atomic E-state index is 0.660. The SMILES string of the molecule is COCCN(C)C1=CC/C=C(/CN)CC=C1. The monoisotopic (exact) mass is 222 g/mol. The van der Waals surface area contributed by atoms with Crippen LogP contribution < -0.4 is 5.73 Å². The van der Waals surface area contributed by atoms with Crippen molar-refractivity contribution in [2.45, 2.75) is 12.8 Å². The average Bonchev–Trinajstić information content (AvgIpc) is 2.26. The number of ether oxygens (including phenoxy) is 1. The van der Waals surface area contributed by atoms with Gasteiger partial charge in [0.15, 0.2) is 0 Å². The molecule has 90 valence electrons. The number of nitrogens with zero attached hydrogens (tertiary/aromatic N) is 1.